The lowest BCUT2D eigenvalue weighted by Crippen LogP contribution is -2.34. The molecule has 2 heterocycles. The fourth-order valence-electron chi connectivity index (χ4n) is 3.25. The molecule has 0 aliphatic carbocycles. The highest BCUT2D eigenvalue weighted by atomic mass is 19.1. The molecule has 2 aromatic rings. The van der Waals surface area contributed by atoms with Gasteiger partial charge < -0.3 is 19.7 Å². The Morgan fingerprint density at radius 3 is 2.32 bits per heavy atom. The summed E-state index contributed by atoms with van der Waals surface area (Å²) < 4.78 is 15.6. The first-order valence-corrected chi connectivity index (χ1v) is 9.89. The largest absolute Gasteiger partial charge is 0.478 e. The highest BCUT2D eigenvalue weighted by molar-refractivity contribution is 5.94. The zero-order chi connectivity index (χ0) is 22.8. The quantitative estimate of drug-likeness (QED) is 0.512. The number of carboxylic acids is 2. The SMILES string of the molecule is CN1CCC(C(=O)c2nccn2CCc2ccccc2F)CC1.O=C(O)/C=C/C(=O)O. The number of benzene rings is 1. The van der Waals surface area contributed by atoms with Crippen molar-refractivity contribution in [2.24, 2.45) is 5.92 Å². The van der Waals surface area contributed by atoms with Crippen molar-refractivity contribution in [1.82, 2.24) is 14.5 Å². The second kappa shape index (κ2) is 11.8. The van der Waals surface area contributed by atoms with Crippen LogP contribution in [0.3, 0.4) is 0 Å². The van der Waals surface area contributed by atoms with E-state index in [9.17, 15) is 18.8 Å². The number of hydrogen-bond acceptors (Lipinski definition) is 5. The lowest BCUT2D eigenvalue weighted by atomic mass is 9.92. The molecule has 1 aromatic carbocycles. The molecule has 166 valence electrons. The zero-order valence-corrected chi connectivity index (χ0v) is 17.3. The van der Waals surface area contributed by atoms with Gasteiger partial charge in [-0.25, -0.2) is 19.0 Å². The van der Waals surface area contributed by atoms with Crippen LogP contribution in [-0.4, -0.2) is 62.5 Å². The van der Waals surface area contributed by atoms with E-state index in [2.05, 4.69) is 16.9 Å². The minimum absolute atomic E-state index is 0.0563. The molecule has 2 N–H and O–H groups in total. The summed E-state index contributed by atoms with van der Waals surface area (Å²) in [7, 11) is 2.08. The fraction of sp³-hybridized carbons (Fsp3) is 0.364. The number of aryl methyl sites for hydroxylation is 2. The van der Waals surface area contributed by atoms with Crippen LogP contribution in [0, 0.1) is 11.7 Å². The van der Waals surface area contributed by atoms with Crippen LogP contribution in [0.15, 0.2) is 48.8 Å². The first kappa shape index (κ1) is 23.9. The van der Waals surface area contributed by atoms with Crippen LogP contribution >= 0.6 is 0 Å². The van der Waals surface area contributed by atoms with Crippen LogP contribution in [0.25, 0.3) is 0 Å². The maximum Gasteiger partial charge on any atom is 0.328 e. The van der Waals surface area contributed by atoms with Gasteiger partial charge >= 0.3 is 11.9 Å². The van der Waals surface area contributed by atoms with Crippen LogP contribution in [0.5, 0.6) is 0 Å². The summed E-state index contributed by atoms with van der Waals surface area (Å²) in [5.41, 5.74) is 0.666. The summed E-state index contributed by atoms with van der Waals surface area (Å²) in [6.07, 6.45) is 6.90. The van der Waals surface area contributed by atoms with Crippen molar-refractivity contribution in [1.29, 1.82) is 0 Å². The Bertz CT molecular complexity index is 917. The summed E-state index contributed by atoms with van der Waals surface area (Å²) in [5.74, 6) is -2.02. The number of carbonyl (C=O) groups excluding carboxylic acids is 1. The fourth-order valence-corrected chi connectivity index (χ4v) is 3.25. The molecular formula is C22H26FN3O5. The molecule has 1 aliphatic rings. The van der Waals surface area contributed by atoms with Crippen molar-refractivity contribution in [2.45, 2.75) is 25.8 Å². The minimum atomic E-state index is -1.26. The van der Waals surface area contributed by atoms with Crippen molar-refractivity contribution < 1.29 is 29.0 Å². The number of aliphatic carboxylic acids is 2. The first-order chi connectivity index (χ1) is 14.8. The van der Waals surface area contributed by atoms with Crippen LogP contribution in [0.1, 0.15) is 29.0 Å². The summed E-state index contributed by atoms with van der Waals surface area (Å²) in [6, 6.07) is 6.76. The smallest absolute Gasteiger partial charge is 0.328 e. The number of halogens is 1. The Balaban J connectivity index is 0.000000366. The number of imidazole rings is 1. The molecule has 0 unspecified atom stereocenters. The maximum atomic E-state index is 13.7. The van der Waals surface area contributed by atoms with Gasteiger partial charge in [-0.05, 0) is 51.0 Å². The van der Waals surface area contributed by atoms with Gasteiger partial charge in [0.15, 0.2) is 5.82 Å². The molecule has 8 nitrogen and oxygen atoms in total. The average Bonchev–Trinajstić information content (AvgIpc) is 3.21. The van der Waals surface area contributed by atoms with Gasteiger partial charge in [-0.3, -0.25) is 4.79 Å². The van der Waals surface area contributed by atoms with Crippen molar-refractivity contribution >= 4 is 17.7 Å². The van der Waals surface area contributed by atoms with Crippen LogP contribution in [-0.2, 0) is 22.6 Å². The van der Waals surface area contributed by atoms with E-state index in [1.54, 1.807) is 18.3 Å². The summed E-state index contributed by atoms with van der Waals surface area (Å²) >= 11 is 0. The monoisotopic (exact) mass is 431 g/mol. The third kappa shape index (κ3) is 7.78. The lowest BCUT2D eigenvalue weighted by molar-refractivity contribution is -0.134. The second-order valence-corrected chi connectivity index (χ2v) is 7.24. The van der Waals surface area contributed by atoms with Crippen LogP contribution in [0.2, 0.25) is 0 Å². The molecule has 9 heteroatoms. The number of rotatable bonds is 7. The number of carbonyl (C=O) groups is 3. The Morgan fingerprint density at radius 1 is 1.13 bits per heavy atom. The van der Waals surface area contributed by atoms with E-state index in [0.29, 0.717) is 36.5 Å². The van der Waals surface area contributed by atoms with Gasteiger partial charge in [0, 0.05) is 37.0 Å². The highest BCUT2D eigenvalue weighted by Gasteiger charge is 2.27. The zero-order valence-electron chi connectivity index (χ0n) is 17.3. The van der Waals surface area contributed by atoms with Gasteiger partial charge in [0.05, 0.1) is 0 Å². The third-order valence-electron chi connectivity index (χ3n) is 4.97. The van der Waals surface area contributed by atoms with Crippen LogP contribution < -0.4 is 0 Å². The number of hydrogen-bond donors (Lipinski definition) is 2. The van der Waals surface area contributed by atoms with E-state index >= 15 is 0 Å². The molecule has 1 saturated heterocycles. The van der Waals surface area contributed by atoms with E-state index in [1.165, 1.54) is 6.07 Å². The van der Waals surface area contributed by atoms with Gasteiger partial charge in [0.2, 0.25) is 5.78 Å². The number of ketones is 1. The summed E-state index contributed by atoms with van der Waals surface area (Å²) in [5, 5.41) is 15.6. The summed E-state index contributed by atoms with van der Waals surface area (Å²) in [4.78, 5) is 38.3. The maximum absolute atomic E-state index is 13.7. The predicted octanol–water partition coefficient (Wildman–Crippen LogP) is 2.50. The van der Waals surface area contributed by atoms with Crippen molar-refractivity contribution in [3.63, 3.8) is 0 Å². The van der Waals surface area contributed by atoms with Gasteiger partial charge in [0.25, 0.3) is 0 Å². The molecule has 3 rings (SSSR count). The predicted molar refractivity (Wildman–Crippen MR) is 111 cm³/mol. The van der Waals surface area contributed by atoms with Gasteiger partial charge in [-0.1, -0.05) is 18.2 Å². The van der Waals surface area contributed by atoms with Gasteiger partial charge in [-0.2, -0.15) is 0 Å². The van der Waals surface area contributed by atoms with Crippen molar-refractivity contribution in [3.05, 3.63) is 66.0 Å². The molecular weight excluding hydrogens is 405 g/mol. The topological polar surface area (TPSA) is 113 Å². The van der Waals surface area contributed by atoms with E-state index in [-0.39, 0.29) is 17.5 Å². The van der Waals surface area contributed by atoms with Crippen molar-refractivity contribution in [2.75, 3.05) is 20.1 Å². The molecule has 1 aromatic heterocycles. The normalized spacial score (nSPS) is 14.8. The number of carboxylic acid groups (broad SMARTS) is 2. The molecule has 0 atom stereocenters. The minimum Gasteiger partial charge on any atom is -0.478 e. The Morgan fingerprint density at radius 2 is 1.74 bits per heavy atom. The van der Waals surface area contributed by atoms with E-state index < -0.39 is 11.9 Å². The second-order valence-electron chi connectivity index (χ2n) is 7.24. The molecule has 0 radical (unpaired) electrons. The standard InChI is InChI=1S/C18H22FN3O.C4H4O4/c1-21-10-6-15(7-11-21)17(23)18-20-9-13-22(18)12-8-14-4-2-3-5-16(14)19;5-3(6)1-2-4(7)8/h2-5,9,13,15H,6-8,10-12H2,1H3;1-2H,(H,5,6)(H,7,8)/b;2-1+. The molecule has 0 saturated carbocycles. The van der Waals surface area contributed by atoms with Gasteiger partial charge in [0.1, 0.15) is 5.82 Å². The number of piperidine rings is 1. The van der Waals surface area contributed by atoms with E-state index in [0.717, 1.165) is 25.9 Å². The Labute approximate surface area is 179 Å². The van der Waals surface area contributed by atoms with Crippen molar-refractivity contribution in [3.8, 4) is 0 Å². The number of likely N-dealkylation sites (tertiary alicyclic amines) is 1. The lowest BCUT2D eigenvalue weighted by Gasteiger charge is -2.27. The Hall–Kier alpha value is -3.33. The molecule has 1 fully saturated rings. The first-order valence-electron chi connectivity index (χ1n) is 9.89. The molecule has 0 bridgehead atoms. The molecule has 1 aliphatic heterocycles. The summed E-state index contributed by atoms with van der Waals surface area (Å²) in [6.45, 7) is 2.47. The average molecular weight is 431 g/mol. The van der Waals surface area contributed by atoms with Gasteiger partial charge in [-0.15, -0.1) is 0 Å². The number of aromatic nitrogens is 2. The third-order valence-corrected chi connectivity index (χ3v) is 4.97. The van der Waals surface area contributed by atoms with E-state index in [4.69, 9.17) is 10.2 Å². The van der Waals surface area contributed by atoms with Crippen LogP contribution in [0.4, 0.5) is 4.39 Å². The highest BCUT2D eigenvalue weighted by Crippen LogP contribution is 2.20. The molecule has 31 heavy (non-hydrogen) atoms. The Kier molecular flexibility index (Phi) is 9.08. The number of Topliss-reactive ketones (excluding diaryl/α,β-unsaturated/α-hetero) is 1. The number of nitrogens with zero attached hydrogens (tertiary/aromatic N) is 3. The molecule has 0 spiro atoms. The van der Waals surface area contributed by atoms with E-state index in [1.807, 2.05) is 16.8 Å². The molecule has 0 amide bonds.